The van der Waals surface area contributed by atoms with Crippen molar-refractivity contribution >= 4 is 0 Å². The molecule has 0 fully saturated rings. The van der Waals surface area contributed by atoms with Gasteiger partial charge in [-0.05, 0) is 38.0 Å². The molecular formula is C9H17N3. The average molecular weight is 167 g/mol. The predicted octanol–water partition coefficient (Wildman–Crippen LogP) is 0.225. The van der Waals surface area contributed by atoms with Crippen LogP contribution < -0.4 is 17.2 Å². The minimum absolute atomic E-state index is 0.243. The molecule has 0 bridgehead atoms. The maximum absolute atomic E-state index is 5.94. The molecule has 1 aliphatic carbocycles. The normalized spacial score (nSPS) is 29.6. The first-order valence-electron chi connectivity index (χ1n) is 4.21. The van der Waals surface area contributed by atoms with Crippen molar-refractivity contribution in [3.8, 4) is 0 Å². The van der Waals surface area contributed by atoms with Gasteiger partial charge in [0.2, 0.25) is 0 Å². The first kappa shape index (κ1) is 9.29. The molecule has 3 nitrogen and oxygen atoms in total. The van der Waals surface area contributed by atoms with Gasteiger partial charge >= 0.3 is 0 Å². The quantitative estimate of drug-likeness (QED) is 0.550. The van der Waals surface area contributed by atoms with Crippen LogP contribution >= 0.6 is 0 Å². The van der Waals surface area contributed by atoms with Crippen molar-refractivity contribution < 1.29 is 0 Å². The Kier molecular flexibility index (Phi) is 2.55. The van der Waals surface area contributed by atoms with Crippen molar-refractivity contribution in [2.45, 2.75) is 25.3 Å². The molecule has 0 radical (unpaired) electrons. The molecule has 1 atom stereocenters. The van der Waals surface area contributed by atoms with Crippen molar-refractivity contribution in [2.24, 2.45) is 17.2 Å². The van der Waals surface area contributed by atoms with Gasteiger partial charge in [-0.1, -0.05) is 6.08 Å². The summed E-state index contributed by atoms with van der Waals surface area (Å²) in [6.07, 6.45) is 5.51. The molecule has 0 heterocycles. The van der Waals surface area contributed by atoms with Gasteiger partial charge in [0.05, 0.1) is 0 Å². The number of hydrogen-bond donors (Lipinski definition) is 3. The van der Waals surface area contributed by atoms with Gasteiger partial charge in [0.15, 0.2) is 0 Å². The second kappa shape index (κ2) is 3.29. The molecule has 0 amide bonds. The Labute approximate surface area is 73.3 Å². The van der Waals surface area contributed by atoms with Crippen LogP contribution in [-0.2, 0) is 0 Å². The predicted molar refractivity (Wildman–Crippen MR) is 51.2 cm³/mol. The smallest absolute Gasteiger partial charge is 0.0352 e. The zero-order valence-electron chi connectivity index (χ0n) is 7.51. The summed E-state index contributed by atoms with van der Waals surface area (Å²) in [6.45, 7) is 2.63. The summed E-state index contributed by atoms with van der Waals surface area (Å²) in [7, 11) is 0. The van der Waals surface area contributed by atoms with Gasteiger partial charge in [-0.15, -0.1) is 0 Å². The third-order valence-corrected chi connectivity index (χ3v) is 2.09. The van der Waals surface area contributed by atoms with Crippen LogP contribution in [0.4, 0.5) is 0 Å². The lowest BCUT2D eigenvalue weighted by molar-refractivity contribution is 0.555. The standard InChI is InChI=1S/C9H17N3/c1-9(12)4-2-8(11)7(6-9)3-5-10/h2,4H,3,5-6,10-12H2,1H3. The Bertz CT molecular complexity index is 226. The van der Waals surface area contributed by atoms with Crippen LogP contribution in [0.2, 0.25) is 0 Å². The Morgan fingerprint density at radius 1 is 1.58 bits per heavy atom. The third-order valence-electron chi connectivity index (χ3n) is 2.09. The molecule has 6 N–H and O–H groups in total. The Morgan fingerprint density at radius 3 is 2.83 bits per heavy atom. The van der Waals surface area contributed by atoms with E-state index in [1.807, 2.05) is 19.1 Å². The molecule has 0 aromatic rings. The number of nitrogens with two attached hydrogens (primary N) is 3. The second-order valence-electron chi connectivity index (χ2n) is 3.61. The lowest BCUT2D eigenvalue weighted by Crippen LogP contribution is -2.36. The molecule has 0 saturated heterocycles. The first-order chi connectivity index (χ1) is 5.55. The largest absolute Gasteiger partial charge is 0.399 e. The highest BCUT2D eigenvalue weighted by Crippen LogP contribution is 2.24. The maximum Gasteiger partial charge on any atom is 0.0352 e. The molecule has 12 heavy (non-hydrogen) atoms. The fourth-order valence-corrected chi connectivity index (χ4v) is 1.43. The zero-order valence-corrected chi connectivity index (χ0v) is 7.51. The van der Waals surface area contributed by atoms with E-state index in [0.29, 0.717) is 6.54 Å². The highest BCUT2D eigenvalue weighted by atomic mass is 14.7. The lowest BCUT2D eigenvalue weighted by atomic mass is 9.86. The Balaban J connectivity index is 2.76. The molecule has 1 aliphatic rings. The van der Waals surface area contributed by atoms with Gasteiger partial charge in [-0.3, -0.25) is 0 Å². The Hall–Kier alpha value is -0.800. The number of hydrogen-bond acceptors (Lipinski definition) is 3. The van der Waals surface area contributed by atoms with E-state index in [2.05, 4.69) is 0 Å². The molecule has 0 saturated carbocycles. The van der Waals surface area contributed by atoms with Gasteiger partial charge in [0, 0.05) is 11.2 Å². The summed E-state index contributed by atoms with van der Waals surface area (Å²) in [5, 5.41) is 0. The van der Waals surface area contributed by atoms with E-state index in [9.17, 15) is 0 Å². The van der Waals surface area contributed by atoms with Crippen molar-refractivity contribution in [2.75, 3.05) is 6.54 Å². The minimum Gasteiger partial charge on any atom is -0.399 e. The highest BCUT2D eigenvalue weighted by molar-refractivity contribution is 5.32. The van der Waals surface area contributed by atoms with Crippen molar-refractivity contribution in [3.63, 3.8) is 0 Å². The van der Waals surface area contributed by atoms with Gasteiger partial charge in [-0.25, -0.2) is 0 Å². The van der Waals surface area contributed by atoms with Gasteiger partial charge in [0.25, 0.3) is 0 Å². The molecule has 1 unspecified atom stereocenters. The fraction of sp³-hybridized carbons (Fsp3) is 0.556. The average Bonchev–Trinajstić information content (AvgIpc) is 1.97. The van der Waals surface area contributed by atoms with E-state index in [0.717, 1.165) is 18.5 Å². The summed E-state index contributed by atoms with van der Waals surface area (Å²) in [5.41, 5.74) is 18.9. The summed E-state index contributed by atoms with van der Waals surface area (Å²) in [4.78, 5) is 0. The zero-order chi connectivity index (χ0) is 9.19. The van der Waals surface area contributed by atoms with Crippen LogP contribution in [-0.4, -0.2) is 12.1 Å². The van der Waals surface area contributed by atoms with Crippen LogP contribution in [0.15, 0.2) is 23.4 Å². The number of rotatable bonds is 2. The topological polar surface area (TPSA) is 78.1 Å². The van der Waals surface area contributed by atoms with E-state index >= 15 is 0 Å². The molecular weight excluding hydrogens is 150 g/mol. The van der Waals surface area contributed by atoms with E-state index in [1.165, 1.54) is 5.57 Å². The van der Waals surface area contributed by atoms with Gasteiger partial charge in [-0.2, -0.15) is 0 Å². The molecule has 0 aromatic heterocycles. The van der Waals surface area contributed by atoms with E-state index in [1.54, 1.807) is 0 Å². The van der Waals surface area contributed by atoms with Crippen LogP contribution in [0.5, 0.6) is 0 Å². The van der Waals surface area contributed by atoms with Gasteiger partial charge in [0.1, 0.15) is 0 Å². The second-order valence-corrected chi connectivity index (χ2v) is 3.61. The summed E-state index contributed by atoms with van der Waals surface area (Å²) in [5.74, 6) is 0. The van der Waals surface area contributed by atoms with E-state index in [4.69, 9.17) is 17.2 Å². The van der Waals surface area contributed by atoms with Crippen LogP contribution in [0.25, 0.3) is 0 Å². The SMILES string of the molecule is CC1(N)C=CC(N)=C(CCN)C1. The van der Waals surface area contributed by atoms with Crippen molar-refractivity contribution in [3.05, 3.63) is 23.4 Å². The maximum atomic E-state index is 5.94. The molecule has 3 heteroatoms. The fourth-order valence-electron chi connectivity index (χ4n) is 1.43. The Morgan fingerprint density at radius 2 is 2.25 bits per heavy atom. The van der Waals surface area contributed by atoms with E-state index < -0.39 is 0 Å². The van der Waals surface area contributed by atoms with E-state index in [-0.39, 0.29) is 5.54 Å². The summed E-state index contributed by atoms with van der Waals surface area (Å²) < 4.78 is 0. The molecule has 0 spiro atoms. The first-order valence-corrected chi connectivity index (χ1v) is 4.21. The molecule has 1 rings (SSSR count). The molecule has 0 aromatic carbocycles. The summed E-state index contributed by atoms with van der Waals surface area (Å²) in [6, 6.07) is 0. The van der Waals surface area contributed by atoms with Crippen molar-refractivity contribution in [1.29, 1.82) is 0 Å². The monoisotopic (exact) mass is 167 g/mol. The van der Waals surface area contributed by atoms with Crippen LogP contribution in [0.1, 0.15) is 19.8 Å². The minimum atomic E-state index is -0.243. The lowest BCUT2D eigenvalue weighted by Gasteiger charge is -2.26. The van der Waals surface area contributed by atoms with Crippen molar-refractivity contribution in [1.82, 2.24) is 0 Å². The molecule has 0 aliphatic heterocycles. The van der Waals surface area contributed by atoms with Gasteiger partial charge < -0.3 is 17.2 Å². The highest BCUT2D eigenvalue weighted by Gasteiger charge is 2.21. The summed E-state index contributed by atoms with van der Waals surface area (Å²) >= 11 is 0. The number of allylic oxidation sites excluding steroid dienone is 1. The van der Waals surface area contributed by atoms with Crippen LogP contribution in [0.3, 0.4) is 0 Å². The molecule has 68 valence electrons. The third kappa shape index (κ3) is 2.09. The van der Waals surface area contributed by atoms with Crippen LogP contribution in [0, 0.1) is 0 Å².